The molecule has 0 atom stereocenters. The van der Waals surface area contributed by atoms with E-state index < -0.39 is 0 Å². The number of nitrogens with one attached hydrogen (secondary N) is 1. The molecule has 0 fully saturated rings. The monoisotopic (exact) mass is 350 g/mol. The van der Waals surface area contributed by atoms with Crippen LogP contribution in [0.15, 0.2) is 72.4 Å². The summed E-state index contributed by atoms with van der Waals surface area (Å²) < 4.78 is 5.42. The van der Waals surface area contributed by atoms with Gasteiger partial charge in [-0.1, -0.05) is 62.8 Å². The number of unbranched alkanes of at least 4 members (excludes halogenated alkanes) is 2. The van der Waals surface area contributed by atoms with Gasteiger partial charge in [0, 0.05) is 5.56 Å². The molecule has 0 bridgehead atoms. The molecule has 2 aromatic rings. The Labute approximate surface area is 155 Å². The zero-order valence-corrected chi connectivity index (χ0v) is 15.3. The highest BCUT2D eigenvalue weighted by Crippen LogP contribution is 2.13. The fourth-order valence-corrected chi connectivity index (χ4v) is 2.48. The van der Waals surface area contributed by atoms with Crippen LogP contribution < -0.4 is 10.2 Å². The first-order valence-corrected chi connectivity index (χ1v) is 9.00. The zero-order valence-electron chi connectivity index (χ0n) is 15.3. The summed E-state index contributed by atoms with van der Waals surface area (Å²) >= 11 is 0. The number of amides is 1. The summed E-state index contributed by atoms with van der Waals surface area (Å²) in [6.45, 7) is 6.22. The van der Waals surface area contributed by atoms with Gasteiger partial charge in [-0.2, -0.15) is 5.10 Å². The minimum absolute atomic E-state index is 0.232. The summed E-state index contributed by atoms with van der Waals surface area (Å²) in [6.07, 6.45) is 5.86. The van der Waals surface area contributed by atoms with E-state index in [2.05, 4.69) is 24.0 Å². The van der Waals surface area contributed by atoms with Crippen LogP contribution in [0, 0.1) is 0 Å². The van der Waals surface area contributed by atoms with Crippen LogP contribution in [0.1, 0.15) is 48.5 Å². The van der Waals surface area contributed by atoms with Crippen LogP contribution in [0.2, 0.25) is 0 Å². The van der Waals surface area contributed by atoms with Gasteiger partial charge in [0.25, 0.3) is 5.91 Å². The van der Waals surface area contributed by atoms with Crippen molar-refractivity contribution in [2.75, 3.05) is 6.61 Å². The number of hydrogen-bond acceptors (Lipinski definition) is 3. The first kappa shape index (κ1) is 19.4. The number of benzene rings is 2. The first-order chi connectivity index (χ1) is 12.7. The third kappa shape index (κ3) is 6.20. The number of ether oxygens (including phenoxy) is 1. The van der Waals surface area contributed by atoms with Gasteiger partial charge in [0.2, 0.25) is 0 Å². The van der Waals surface area contributed by atoms with Gasteiger partial charge in [-0.25, -0.2) is 5.43 Å². The molecule has 0 aromatic heterocycles. The second kappa shape index (κ2) is 10.9. The van der Waals surface area contributed by atoms with Gasteiger partial charge in [-0.3, -0.25) is 4.79 Å². The maximum Gasteiger partial charge on any atom is 0.271 e. The predicted octanol–water partition coefficient (Wildman–Crippen LogP) is 4.97. The molecule has 0 saturated carbocycles. The van der Waals surface area contributed by atoms with Crippen LogP contribution in [-0.2, 0) is 0 Å². The van der Waals surface area contributed by atoms with E-state index in [9.17, 15) is 4.79 Å². The van der Waals surface area contributed by atoms with Gasteiger partial charge in [0.1, 0.15) is 12.4 Å². The van der Waals surface area contributed by atoms with E-state index in [-0.39, 0.29) is 5.91 Å². The second-order valence-corrected chi connectivity index (χ2v) is 5.95. The molecule has 1 amide bonds. The van der Waals surface area contributed by atoms with Crippen molar-refractivity contribution in [2.24, 2.45) is 5.10 Å². The Hall–Kier alpha value is -2.88. The Morgan fingerprint density at radius 1 is 1.08 bits per heavy atom. The molecule has 1 N–H and O–H groups in total. The molecule has 0 aliphatic carbocycles. The van der Waals surface area contributed by atoms with E-state index in [4.69, 9.17) is 4.74 Å². The van der Waals surface area contributed by atoms with Crippen LogP contribution in [-0.4, -0.2) is 18.2 Å². The first-order valence-electron chi connectivity index (χ1n) is 9.00. The highest BCUT2D eigenvalue weighted by Gasteiger charge is 2.07. The molecular formula is C22H26N2O2. The molecule has 0 unspecified atom stereocenters. The fourth-order valence-electron chi connectivity index (χ4n) is 2.48. The van der Waals surface area contributed by atoms with E-state index in [0.29, 0.717) is 17.9 Å². The van der Waals surface area contributed by atoms with E-state index in [0.717, 1.165) is 37.0 Å². The normalized spacial score (nSPS) is 11.0. The van der Waals surface area contributed by atoms with Crippen molar-refractivity contribution in [3.8, 4) is 5.75 Å². The number of carbonyl (C=O) groups is 1. The Morgan fingerprint density at radius 2 is 1.81 bits per heavy atom. The number of carbonyl (C=O) groups excluding carboxylic acids is 1. The van der Waals surface area contributed by atoms with Gasteiger partial charge in [0.15, 0.2) is 0 Å². The lowest BCUT2D eigenvalue weighted by Crippen LogP contribution is -2.20. The van der Waals surface area contributed by atoms with E-state index in [1.165, 1.54) is 0 Å². The molecule has 4 heteroatoms. The summed E-state index contributed by atoms with van der Waals surface area (Å²) in [5.74, 6) is 0.471. The van der Waals surface area contributed by atoms with Gasteiger partial charge in [-0.05, 0) is 42.7 Å². The van der Waals surface area contributed by atoms with Crippen molar-refractivity contribution in [1.82, 2.24) is 5.43 Å². The Bertz CT molecular complexity index is 722. The number of hydrazone groups is 1. The fraction of sp³-hybridized carbons (Fsp3) is 0.273. The quantitative estimate of drug-likeness (QED) is 0.285. The second-order valence-electron chi connectivity index (χ2n) is 5.95. The third-order valence-electron chi connectivity index (χ3n) is 3.90. The summed E-state index contributed by atoms with van der Waals surface area (Å²) in [5, 5.41) is 4.39. The van der Waals surface area contributed by atoms with E-state index in [1.807, 2.05) is 30.3 Å². The van der Waals surface area contributed by atoms with Crippen LogP contribution >= 0.6 is 0 Å². The van der Waals surface area contributed by atoms with Crippen LogP contribution in [0.25, 0.3) is 0 Å². The molecular weight excluding hydrogens is 324 g/mol. The van der Waals surface area contributed by atoms with E-state index >= 15 is 0 Å². The van der Waals surface area contributed by atoms with E-state index in [1.54, 1.807) is 30.3 Å². The topological polar surface area (TPSA) is 50.7 Å². The lowest BCUT2D eigenvalue weighted by Gasteiger charge is -2.08. The zero-order chi connectivity index (χ0) is 18.6. The highest BCUT2D eigenvalue weighted by molar-refractivity contribution is 6.02. The maximum atomic E-state index is 12.4. The lowest BCUT2D eigenvalue weighted by molar-refractivity contribution is 0.0954. The van der Waals surface area contributed by atoms with Gasteiger partial charge in [0.05, 0.1) is 5.71 Å². The minimum Gasteiger partial charge on any atom is -0.490 e. The van der Waals surface area contributed by atoms with Gasteiger partial charge in [-0.15, -0.1) is 0 Å². The molecule has 26 heavy (non-hydrogen) atoms. The average molecular weight is 350 g/mol. The molecule has 0 radical (unpaired) electrons. The Kier molecular flexibility index (Phi) is 8.13. The van der Waals surface area contributed by atoms with Crippen molar-refractivity contribution < 1.29 is 9.53 Å². The number of hydrogen-bond donors (Lipinski definition) is 1. The van der Waals surface area contributed by atoms with Crippen LogP contribution in [0.4, 0.5) is 0 Å². The molecule has 2 aromatic carbocycles. The molecule has 0 saturated heterocycles. The summed E-state index contributed by atoms with van der Waals surface area (Å²) in [5.41, 5.74) is 5.16. The van der Waals surface area contributed by atoms with Gasteiger partial charge < -0.3 is 4.74 Å². The van der Waals surface area contributed by atoms with Crippen LogP contribution in [0.5, 0.6) is 5.75 Å². The molecule has 0 aliphatic heterocycles. The van der Waals surface area contributed by atoms with Crippen molar-refractivity contribution in [2.45, 2.75) is 32.6 Å². The van der Waals surface area contributed by atoms with Crippen molar-refractivity contribution >= 4 is 11.6 Å². The third-order valence-corrected chi connectivity index (χ3v) is 3.90. The predicted molar refractivity (Wildman–Crippen MR) is 107 cm³/mol. The molecule has 0 aliphatic rings. The smallest absolute Gasteiger partial charge is 0.271 e. The SMILES string of the molecule is C=CCOc1ccc(C(=O)N/N=C(/CCCCC)c2ccccc2)cc1. The maximum absolute atomic E-state index is 12.4. The van der Waals surface area contributed by atoms with Crippen LogP contribution in [0.3, 0.4) is 0 Å². The Morgan fingerprint density at radius 3 is 2.46 bits per heavy atom. The minimum atomic E-state index is -0.232. The number of nitrogens with zero attached hydrogens (tertiary/aromatic N) is 1. The van der Waals surface area contributed by atoms with Gasteiger partial charge >= 0.3 is 0 Å². The Balaban J connectivity index is 2.04. The average Bonchev–Trinajstić information content (AvgIpc) is 2.70. The standard InChI is InChI=1S/C22H26N2O2/c1-3-5-7-12-21(18-10-8-6-9-11-18)23-24-22(25)19-13-15-20(16-14-19)26-17-4-2/h4,6,8-11,13-16H,2-3,5,7,12,17H2,1H3,(H,24,25)/b23-21-. The van der Waals surface area contributed by atoms with Crippen molar-refractivity contribution in [1.29, 1.82) is 0 Å². The molecule has 0 spiro atoms. The highest BCUT2D eigenvalue weighted by atomic mass is 16.5. The molecule has 0 heterocycles. The summed E-state index contributed by atoms with van der Waals surface area (Å²) in [7, 11) is 0. The molecule has 136 valence electrons. The summed E-state index contributed by atoms with van der Waals surface area (Å²) in [4.78, 5) is 12.4. The molecule has 2 rings (SSSR count). The largest absolute Gasteiger partial charge is 0.490 e. The summed E-state index contributed by atoms with van der Waals surface area (Å²) in [6, 6.07) is 16.9. The van der Waals surface area contributed by atoms with Crippen molar-refractivity contribution in [3.05, 3.63) is 78.4 Å². The lowest BCUT2D eigenvalue weighted by atomic mass is 10.0. The van der Waals surface area contributed by atoms with Crippen molar-refractivity contribution in [3.63, 3.8) is 0 Å². The number of rotatable bonds is 10. The molecule has 4 nitrogen and oxygen atoms in total.